The van der Waals surface area contributed by atoms with Crippen LogP contribution in [-0.2, 0) is 13.0 Å². The van der Waals surface area contributed by atoms with Gasteiger partial charge < -0.3 is 10.1 Å². The van der Waals surface area contributed by atoms with Gasteiger partial charge in [-0.3, -0.25) is 0 Å². The molecule has 0 bridgehead atoms. The second-order valence-electron chi connectivity index (χ2n) is 3.93. The quantitative estimate of drug-likeness (QED) is 0.870. The van der Waals surface area contributed by atoms with Crippen LogP contribution in [0.2, 0.25) is 0 Å². The van der Waals surface area contributed by atoms with Gasteiger partial charge >= 0.3 is 0 Å². The molecule has 0 atom stereocenters. The monoisotopic (exact) mass is 263 g/mol. The summed E-state index contributed by atoms with van der Waals surface area (Å²) in [6, 6.07) is 8.23. The number of nitrogens with one attached hydrogen (secondary N) is 1. The highest BCUT2D eigenvalue weighted by atomic mass is 32.1. The van der Waals surface area contributed by atoms with E-state index in [0.717, 1.165) is 28.7 Å². The summed E-state index contributed by atoms with van der Waals surface area (Å²) in [4.78, 5) is 0. The molecule has 96 valence electrons. The van der Waals surface area contributed by atoms with E-state index in [1.165, 1.54) is 16.9 Å². The maximum Gasteiger partial charge on any atom is 0.205 e. The SMILES string of the molecule is CCCc1ccc(OCc2nnc(NC)s2)cc1. The molecular formula is C13H17N3OS. The number of hydrogen-bond donors (Lipinski definition) is 1. The molecule has 0 amide bonds. The molecule has 2 rings (SSSR count). The fraction of sp³-hybridized carbons (Fsp3) is 0.385. The van der Waals surface area contributed by atoms with Gasteiger partial charge in [-0.05, 0) is 24.1 Å². The summed E-state index contributed by atoms with van der Waals surface area (Å²) in [5.41, 5.74) is 1.35. The Morgan fingerprint density at radius 1 is 1.22 bits per heavy atom. The van der Waals surface area contributed by atoms with Crippen LogP contribution in [0.3, 0.4) is 0 Å². The first-order chi connectivity index (χ1) is 8.81. The Bertz CT molecular complexity index is 481. The van der Waals surface area contributed by atoms with Crippen molar-refractivity contribution < 1.29 is 4.74 Å². The van der Waals surface area contributed by atoms with E-state index in [4.69, 9.17) is 4.74 Å². The Hall–Kier alpha value is -1.62. The van der Waals surface area contributed by atoms with Crippen LogP contribution < -0.4 is 10.1 Å². The second kappa shape index (κ2) is 6.35. The summed E-state index contributed by atoms with van der Waals surface area (Å²) in [5, 5.41) is 12.6. The first kappa shape index (κ1) is 12.8. The maximum absolute atomic E-state index is 5.66. The predicted molar refractivity (Wildman–Crippen MR) is 74.2 cm³/mol. The van der Waals surface area contributed by atoms with Crippen molar-refractivity contribution in [3.05, 3.63) is 34.8 Å². The number of anilines is 1. The molecule has 18 heavy (non-hydrogen) atoms. The topological polar surface area (TPSA) is 47.0 Å². The van der Waals surface area contributed by atoms with Gasteiger partial charge in [-0.25, -0.2) is 0 Å². The summed E-state index contributed by atoms with van der Waals surface area (Å²) < 4.78 is 5.66. The number of ether oxygens (including phenoxy) is 1. The Labute approximate surface area is 111 Å². The van der Waals surface area contributed by atoms with E-state index in [0.29, 0.717) is 6.61 Å². The van der Waals surface area contributed by atoms with Crippen molar-refractivity contribution in [1.82, 2.24) is 10.2 Å². The van der Waals surface area contributed by atoms with Crippen LogP contribution in [0, 0.1) is 0 Å². The summed E-state index contributed by atoms with van der Waals surface area (Å²) >= 11 is 1.51. The van der Waals surface area contributed by atoms with Crippen LogP contribution in [0.1, 0.15) is 23.9 Å². The number of rotatable bonds is 6. The van der Waals surface area contributed by atoms with Crippen LogP contribution in [0.25, 0.3) is 0 Å². The predicted octanol–water partition coefficient (Wildman–Crippen LogP) is 3.11. The highest BCUT2D eigenvalue weighted by Crippen LogP contribution is 2.18. The highest BCUT2D eigenvalue weighted by Gasteiger charge is 2.03. The zero-order chi connectivity index (χ0) is 12.8. The highest BCUT2D eigenvalue weighted by molar-refractivity contribution is 7.15. The van der Waals surface area contributed by atoms with Gasteiger partial charge in [0.05, 0.1) is 0 Å². The third-order valence-electron chi connectivity index (χ3n) is 2.51. The zero-order valence-corrected chi connectivity index (χ0v) is 11.5. The molecule has 1 aromatic heterocycles. The van der Waals surface area contributed by atoms with Crippen molar-refractivity contribution in [1.29, 1.82) is 0 Å². The van der Waals surface area contributed by atoms with Crippen molar-refractivity contribution in [3.63, 3.8) is 0 Å². The normalized spacial score (nSPS) is 10.3. The van der Waals surface area contributed by atoms with Gasteiger partial charge in [-0.1, -0.05) is 36.8 Å². The van der Waals surface area contributed by atoms with E-state index in [1.54, 1.807) is 0 Å². The van der Waals surface area contributed by atoms with Crippen LogP contribution in [-0.4, -0.2) is 17.2 Å². The molecule has 0 spiro atoms. The van der Waals surface area contributed by atoms with Gasteiger partial charge in [-0.2, -0.15) is 0 Å². The maximum atomic E-state index is 5.66. The lowest BCUT2D eigenvalue weighted by molar-refractivity contribution is 0.304. The van der Waals surface area contributed by atoms with E-state index in [-0.39, 0.29) is 0 Å². The molecule has 0 saturated heterocycles. The molecular weight excluding hydrogens is 246 g/mol. The van der Waals surface area contributed by atoms with Gasteiger partial charge in [-0.15, -0.1) is 10.2 Å². The minimum atomic E-state index is 0.465. The molecule has 0 fully saturated rings. The van der Waals surface area contributed by atoms with Crippen molar-refractivity contribution >= 4 is 16.5 Å². The molecule has 4 nitrogen and oxygen atoms in total. The summed E-state index contributed by atoms with van der Waals surface area (Å²) in [7, 11) is 1.83. The van der Waals surface area contributed by atoms with Gasteiger partial charge in [0.1, 0.15) is 12.4 Å². The molecule has 0 unspecified atom stereocenters. The molecule has 5 heteroatoms. The lowest BCUT2D eigenvalue weighted by atomic mass is 10.1. The van der Waals surface area contributed by atoms with Crippen molar-refractivity contribution in [2.45, 2.75) is 26.4 Å². The fourth-order valence-corrected chi connectivity index (χ4v) is 2.21. The molecule has 0 aliphatic carbocycles. The average Bonchev–Trinajstić information content (AvgIpc) is 2.86. The third kappa shape index (κ3) is 3.43. The van der Waals surface area contributed by atoms with Crippen molar-refractivity contribution in [2.75, 3.05) is 12.4 Å². The standard InChI is InChI=1S/C13H17N3OS/c1-3-4-10-5-7-11(8-6-10)17-9-12-15-16-13(14-2)18-12/h5-8H,3-4,9H2,1-2H3,(H,14,16). The molecule has 0 saturated carbocycles. The Morgan fingerprint density at radius 3 is 2.61 bits per heavy atom. The van der Waals surface area contributed by atoms with Crippen molar-refractivity contribution in [2.24, 2.45) is 0 Å². The van der Waals surface area contributed by atoms with Gasteiger partial charge in [0, 0.05) is 7.05 Å². The lowest BCUT2D eigenvalue weighted by Crippen LogP contribution is -1.95. The third-order valence-corrected chi connectivity index (χ3v) is 3.42. The van der Waals surface area contributed by atoms with E-state index >= 15 is 0 Å². The smallest absolute Gasteiger partial charge is 0.205 e. The van der Waals surface area contributed by atoms with Gasteiger partial charge in [0.25, 0.3) is 0 Å². The van der Waals surface area contributed by atoms with E-state index in [2.05, 4.69) is 34.6 Å². The molecule has 1 aromatic carbocycles. The first-order valence-electron chi connectivity index (χ1n) is 6.03. The first-order valence-corrected chi connectivity index (χ1v) is 6.85. The number of hydrogen-bond acceptors (Lipinski definition) is 5. The minimum Gasteiger partial charge on any atom is -0.486 e. The van der Waals surface area contributed by atoms with Crippen LogP contribution >= 0.6 is 11.3 Å². The number of nitrogens with zero attached hydrogens (tertiary/aromatic N) is 2. The summed E-state index contributed by atoms with van der Waals surface area (Å²) in [5.74, 6) is 0.871. The van der Waals surface area contributed by atoms with Gasteiger partial charge in [0.15, 0.2) is 5.01 Å². The molecule has 0 radical (unpaired) electrons. The zero-order valence-electron chi connectivity index (χ0n) is 10.6. The van der Waals surface area contributed by atoms with E-state index < -0.39 is 0 Å². The molecule has 0 aliphatic rings. The number of aryl methyl sites for hydroxylation is 1. The van der Waals surface area contributed by atoms with Crippen molar-refractivity contribution in [3.8, 4) is 5.75 Å². The lowest BCUT2D eigenvalue weighted by Gasteiger charge is -2.04. The van der Waals surface area contributed by atoms with Crippen LogP contribution in [0.5, 0.6) is 5.75 Å². The molecule has 1 heterocycles. The number of benzene rings is 1. The van der Waals surface area contributed by atoms with E-state index in [1.807, 2.05) is 19.2 Å². The average molecular weight is 263 g/mol. The fourth-order valence-electron chi connectivity index (χ4n) is 1.60. The largest absolute Gasteiger partial charge is 0.486 e. The minimum absolute atomic E-state index is 0.465. The van der Waals surface area contributed by atoms with Crippen LogP contribution in [0.15, 0.2) is 24.3 Å². The summed E-state index contributed by atoms with van der Waals surface area (Å²) in [6.45, 7) is 2.64. The molecule has 0 aliphatic heterocycles. The second-order valence-corrected chi connectivity index (χ2v) is 5.00. The molecule has 1 N–H and O–H groups in total. The molecule has 2 aromatic rings. The Kier molecular flexibility index (Phi) is 4.52. The van der Waals surface area contributed by atoms with Crippen LogP contribution in [0.4, 0.5) is 5.13 Å². The van der Waals surface area contributed by atoms with Gasteiger partial charge in [0.2, 0.25) is 5.13 Å². The number of aromatic nitrogens is 2. The Morgan fingerprint density at radius 2 is 2.00 bits per heavy atom. The van der Waals surface area contributed by atoms with E-state index in [9.17, 15) is 0 Å². The summed E-state index contributed by atoms with van der Waals surface area (Å²) in [6.07, 6.45) is 2.28. The Balaban J connectivity index is 1.89.